The maximum absolute atomic E-state index is 13.5. The van der Waals surface area contributed by atoms with Crippen LogP contribution in [-0.2, 0) is 9.53 Å². The first-order valence-electron chi connectivity index (χ1n) is 10.1. The number of nitro groups is 1. The third-order valence-electron chi connectivity index (χ3n) is 5.19. The van der Waals surface area contributed by atoms with Crippen LogP contribution in [0.25, 0.3) is 6.08 Å². The number of nitro benzene ring substituents is 1. The predicted octanol–water partition coefficient (Wildman–Crippen LogP) is 3.02. The van der Waals surface area contributed by atoms with Gasteiger partial charge in [0.2, 0.25) is 5.75 Å². The van der Waals surface area contributed by atoms with Gasteiger partial charge in [0.05, 0.1) is 36.9 Å². The number of fused-ring (bicyclic) bond motifs is 1. The topological polar surface area (TPSA) is 124 Å². The van der Waals surface area contributed by atoms with Gasteiger partial charge in [-0.15, -0.1) is 0 Å². The van der Waals surface area contributed by atoms with Crippen molar-refractivity contribution in [2.45, 2.75) is 19.9 Å². The number of allylic oxidation sites excluding steroid dienone is 1. The zero-order valence-corrected chi connectivity index (χ0v) is 21.0. The average Bonchev–Trinajstić information content (AvgIpc) is 3.10. The molecule has 0 amide bonds. The van der Waals surface area contributed by atoms with Gasteiger partial charge in [0.15, 0.2) is 4.80 Å². The number of hydrogen-bond donors (Lipinski definition) is 1. The lowest BCUT2D eigenvalue weighted by atomic mass is 9.96. The molecule has 0 spiro atoms. The van der Waals surface area contributed by atoms with E-state index in [0.29, 0.717) is 16.1 Å². The highest BCUT2D eigenvalue weighted by atomic mass is 127. The molecule has 9 nitrogen and oxygen atoms in total. The van der Waals surface area contributed by atoms with Gasteiger partial charge in [-0.25, -0.2) is 9.79 Å². The number of phenols is 1. The normalized spacial score (nSPS) is 15.6. The summed E-state index contributed by atoms with van der Waals surface area (Å²) in [6, 6.07) is 11.2. The average molecular weight is 591 g/mol. The lowest BCUT2D eigenvalue weighted by molar-refractivity contribution is -0.386. The van der Waals surface area contributed by atoms with Crippen LogP contribution < -0.4 is 14.9 Å². The number of aromatic nitrogens is 1. The van der Waals surface area contributed by atoms with Gasteiger partial charge in [0.25, 0.3) is 5.56 Å². The number of carbonyl (C=O) groups is 1. The summed E-state index contributed by atoms with van der Waals surface area (Å²) in [6.07, 6.45) is 1.52. The van der Waals surface area contributed by atoms with Crippen LogP contribution in [0.15, 0.2) is 63.5 Å². The van der Waals surface area contributed by atoms with Crippen molar-refractivity contribution in [1.29, 1.82) is 0 Å². The molecule has 11 heteroatoms. The number of phenolic OH excluding ortho intramolecular Hbond substituents is 1. The van der Waals surface area contributed by atoms with Crippen molar-refractivity contribution in [3.63, 3.8) is 0 Å². The summed E-state index contributed by atoms with van der Waals surface area (Å²) in [7, 11) is 0. The Kier molecular flexibility index (Phi) is 6.66. The Bertz CT molecular complexity index is 1520. The Morgan fingerprint density at radius 2 is 2.06 bits per heavy atom. The number of benzene rings is 2. The number of carbonyl (C=O) groups excluding carboxylic acids is 1. The van der Waals surface area contributed by atoms with E-state index in [4.69, 9.17) is 4.74 Å². The van der Waals surface area contributed by atoms with Gasteiger partial charge in [-0.3, -0.25) is 19.5 Å². The maximum Gasteiger partial charge on any atom is 0.338 e. The minimum atomic E-state index is -0.729. The highest BCUT2D eigenvalue weighted by Crippen LogP contribution is 2.33. The number of aromatic hydroxyl groups is 1. The smallest absolute Gasteiger partial charge is 0.338 e. The van der Waals surface area contributed by atoms with E-state index in [0.717, 1.165) is 16.9 Å². The minimum Gasteiger partial charge on any atom is -0.501 e. The number of nitrogens with zero attached hydrogens (tertiary/aromatic N) is 3. The number of thiazole rings is 1. The van der Waals surface area contributed by atoms with Crippen molar-refractivity contribution in [2.75, 3.05) is 6.61 Å². The summed E-state index contributed by atoms with van der Waals surface area (Å²) in [6.45, 7) is 3.59. The summed E-state index contributed by atoms with van der Waals surface area (Å²) in [4.78, 5) is 41.9. The van der Waals surface area contributed by atoms with E-state index in [2.05, 4.69) is 4.99 Å². The molecule has 1 N–H and O–H groups in total. The second-order valence-electron chi connectivity index (χ2n) is 7.34. The van der Waals surface area contributed by atoms with E-state index in [1.165, 1.54) is 16.7 Å². The number of hydrogen-bond acceptors (Lipinski definition) is 8. The lowest BCUT2D eigenvalue weighted by Crippen LogP contribution is -2.39. The fraction of sp³-hybridized carbons (Fsp3) is 0.174. The molecular formula is C23H18IN3O6S. The number of ether oxygens (including phenoxy) is 1. The Labute approximate surface area is 210 Å². The summed E-state index contributed by atoms with van der Waals surface area (Å²) in [5.41, 5.74) is 1.00. The third-order valence-corrected chi connectivity index (χ3v) is 7.00. The van der Waals surface area contributed by atoms with Crippen molar-refractivity contribution < 1.29 is 19.6 Å². The van der Waals surface area contributed by atoms with Crippen LogP contribution in [0.2, 0.25) is 0 Å². The number of halogens is 1. The van der Waals surface area contributed by atoms with E-state index in [1.54, 1.807) is 42.5 Å². The van der Waals surface area contributed by atoms with Crippen LogP contribution in [0.4, 0.5) is 5.69 Å². The van der Waals surface area contributed by atoms with Crippen molar-refractivity contribution in [1.82, 2.24) is 4.57 Å². The fourth-order valence-corrected chi connectivity index (χ4v) is 5.40. The Morgan fingerprint density at radius 3 is 2.71 bits per heavy atom. The molecule has 174 valence electrons. The summed E-state index contributed by atoms with van der Waals surface area (Å²) < 4.78 is 7.28. The van der Waals surface area contributed by atoms with E-state index >= 15 is 0 Å². The molecule has 1 atom stereocenters. The minimum absolute atomic E-state index is 0.180. The van der Waals surface area contributed by atoms with Crippen LogP contribution in [0.1, 0.15) is 31.0 Å². The van der Waals surface area contributed by atoms with Gasteiger partial charge in [-0.2, -0.15) is 0 Å². The molecular weight excluding hydrogens is 573 g/mol. The second kappa shape index (κ2) is 9.50. The van der Waals surface area contributed by atoms with E-state index in [1.807, 2.05) is 30.3 Å². The van der Waals surface area contributed by atoms with Gasteiger partial charge in [0.1, 0.15) is 0 Å². The summed E-state index contributed by atoms with van der Waals surface area (Å²) in [5, 5.41) is 21.3. The monoisotopic (exact) mass is 591 g/mol. The molecule has 4 rings (SSSR count). The van der Waals surface area contributed by atoms with Gasteiger partial charge < -0.3 is 9.84 Å². The van der Waals surface area contributed by atoms with Gasteiger partial charge in [-0.1, -0.05) is 41.7 Å². The zero-order chi connectivity index (χ0) is 24.6. The molecule has 34 heavy (non-hydrogen) atoms. The van der Waals surface area contributed by atoms with Crippen LogP contribution in [-0.4, -0.2) is 27.2 Å². The van der Waals surface area contributed by atoms with Crippen LogP contribution in [0.5, 0.6) is 5.75 Å². The van der Waals surface area contributed by atoms with Gasteiger partial charge in [0, 0.05) is 6.07 Å². The molecule has 0 fully saturated rings. The zero-order valence-electron chi connectivity index (χ0n) is 18.0. The molecule has 1 unspecified atom stereocenters. The number of rotatable bonds is 5. The molecule has 3 aromatic rings. The quantitative estimate of drug-likeness (QED) is 0.211. The van der Waals surface area contributed by atoms with E-state index in [-0.39, 0.29) is 20.3 Å². The van der Waals surface area contributed by atoms with Crippen molar-refractivity contribution in [2.24, 2.45) is 4.99 Å². The lowest BCUT2D eigenvalue weighted by Gasteiger charge is -2.24. The summed E-state index contributed by atoms with van der Waals surface area (Å²) >= 11 is 2.91. The molecule has 1 aromatic heterocycles. The Balaban J connectivity index is 1.96. The van der Waals surface area contributed by atoms with Gasteiger partial charge in [-0.05, 0) is 59.7 Å². The van der Waals surface area contributed by atoms with Crippen molar-refractivity contribution in [3.8, 4) is 5.75 Å². The molecule has 2 heterocycles. The molecule has 0 bridgehead atoms. The first-order valence-corrected chi connectivity index (χ1v) is 12.0. The van der Waals surface area contributed by atoms with Crippen molar-refractivity contribution >= 4 is 51.7 Å². The first kappa shape index (κ1) is 23.8. The largest absolute Gasteiger partial charge is 0.501 e. The standard InChI is InChI=1S/C23H18IN3O6S/c1-3-33-22(30)18-12(2)25-23-26(19(18)14-7-5-4-6-8-14)21(29)17(34-23)11-13-9-15(24)20(28)16(10-13)27(31)32/h4-11,19,28H,3H2,1-2H3/b17-11-. The molecule has 1 aliphatic rings. The van der Waals surface area contributed by atoms with Crippen LogP contribution >= 0.6 is 33.9 Å². The third kappa shape index (κ3) is 4.28. The van der Waals surface area contributed by atoms with Crippen LogP contribution in [0, 0.1) is 13.7 Å². The summed E-state index contributed by atoms with van der Waals surface area (Å²) in [5.74, 6) is -0.974. The fourth-order valence-electron chi connectivity index (χ4n) is 3.72. The Hall–Kier alpha value is -3.32. The van der Waals surface area contributed by atoms with Gasteiger partial charge >= 0.3 is 11.7 Å². The SMILES string of the molecule is CCOC(=O)C1=C(C)N=c2s/c(=C\c3cc(I)c(O)c([N+](=O)[O-])c3)c(=O)n2C1c1ccccc1. The molecule has 0 saturated carbocycles. The van der Waals surface area contributed by atoms with E-state index < -0.39 is 33.9 Å². The first-order chi connectivity index (χ1) is 16.2. The molecule has 1 aliphatic heterocycles. The molecule has 2 aromatic carbocycles. The predicted molar refractivity (Wildman–Crippen MR) is 134 cm³/mol. The number of esters is 1. The highest BCUT2D eigenvalue weighted by Gasteiger charge is 2.33. The van der Waals surface area contributed by atoms with Crippen LogP contribution in [0.3, 0.4) is 0 Å². The highest BCUT2D eigenvalue weighted by molar-refractivity contribution is 14.1. The van der Waals surface area contributed by atoms with E-state index in [9.17, 15) is 24.8 Å². The Morgan fingerprint density at radius 1 is 1.35 bits per heavy atom. The molecule has 0 radical (unpaired) electrons. The molecule has 0 saturated heterocycles. The second-order valence-corrected chi connectivity index (χ2v) is 9.51. The maximum atomic E-state index is 13.5. The van der Waals surface area contributed by atoms with Crippen molar-refractivity contribution in [3.05, 3.63) is 98.2 Å². The molecule has 0 aliphatic carbocycles.